The lowest BCUT2D eigenvalue weighted by molar-refractivity contribution is 0.0169. The van der Waals surface area contributed by atoms with Crippen LogP contribution in [0.5, 0.6) is 0 Å². The lowest BCUT2D eigenvalue weighted by Crippen LogP contribution is -2.43. The maximum atomic E-state index is 12.2. The van der Waals surface area contributed by atoms with Crippen molar-refractivity contribution in [1.29, 1.82) is 0 Å². The van der Waals surface area contributed by atoms with Crippen molar-refractivity contribution in [3.8, 4) is 0 Å². The van der Waals surface area contributed by atoms with E-state index in [0.717, 1.165) is 24.2 Å². The van der Waals surface area contributed by atoms with E-state index < -0.39 is 11.5 Å². The summed E-state index contributed by atoms with van der Waals surface area (Å²) in [5.41, 5.74) is -0.715. The molecule has 1 atom stereocenters. The summed E-state index contributed by atoms with van der Waals surface area (Å²) in [5.74, 6) is 0.281. The van der Waals surface area contributed by atoms with Crippen molar-refractivity contribution in [2.45, 2.75) is 24.9 Å². The van der Waals surface area contributed by atoms with Crippen LogP contribution in [0.3, 0.4) is 0 Å². The van der Waals surface area contributed by atoms with Gasteiger partial charge in [-0.15, -0.1) is 0 Å². The minimum absolute atomic E-state index is 0.0520. The first kappa shape index (κ1) is 14.6. The maximum Gasteiger partial charge on any atom is 0.263 e. The first-order chi connectivity index (χ1) is 10.5. The molecule has 0 saturated carbocycles. The first-order valence-electron chi connectivity index (χ1n) is 7.24. The van der Waals surface area contributed by atoms with Gasteiger partial charge in [-0.2, -0.15) is 0 Å². The molecule has 0 bridgehead atoms. The molecule has 0 saturated heterocycles. The molecule has 2 N–H and O–H groups in total. The number of hydrogen-bond acceptors (Lipinski definition) is 4. The highest BCUT2D eigenvalue weighted by atomic mass is 16.3. The van der Waals surface area contributed by atoms with Crippen LogP contribution in [0.2, 0.25) is 0 Å². The molecule has 2 aromatic heterocycles. The predicted molar refractivity (Wildman–Crippen MR) is 79.6 cm³/mol. The molecule has 0 spiro atoms. The molecule has 0 radical (unpaired) electrons. The molecule has 0 aromatic carbocycles. The number of carbonyl (C=O) groups is 1. The van der Waals surface area contributed by atoms with Crippen LogP contribution in [-0.4, -0.2) is 22.1 Å². The molecule has 0 fully saturated rings. The van der Waals surface area contributed by atoms with Crippen molar-refractivity contribution < 1.29 is 14.3 Å². The van der Waals surface area contributed by atoms with Crippen molar-refractivity contribution in [3.63, 3.8) is 0 Å². The molecular formula is C16H18N2O4. The zero-order valence-corrected chi connectivity index (χ0v) is 12.3. The van der Waals surface area contributed by atoms with Gasteiger partial charge in [0.25, 0.3) is 11.5 Å². The molecule has 2 aromatic rings. The number of aromatic nitrogens is 1. The molecule has 1 aliphatic carbocycles. The van der Waals surface area contributed by atoms with Crippen molar-refractivity contribution in [2.24, 2.45) is 7.05 Å². The minimum atomic E-state index is -1.14. The highest BCUT2D eigenvalue weighted by Crippen LogP contribution is 2.35. The van der Waals surface area contributed by atoms with Gasteiger partial charge < -0.3 is 19.4 Å². The van der Waals surface area contributed by atoms with Gasteiger partial charge in [-0.3, -0.25) is 9.59 Å². The van der Waals surface area contributed by atoms with Crippen molar-refractivity contribution in [3.05, 3.63) is 57.9 Å². The molecule has 2 heterocycles. The first-order valence-corrected chi connectivity index (χ1v) is 7.24. The number of aliphatic hydroxyl groups is 1. The number of nitrogens with one attached hydrogen (secondary N) is 1. The Bertz CT molecular complexity index is 762. The van der Waals surface area contributed by atoms with E-state index in [2.05, 4.69) is 5.32 Å². The van der Waals surface area contributed by atoms with Crippen LogP contribution in [-0.2, 0) is 19.1 Å². The second kappa shape index (κ2) is 5.46. The van der Waals surface area contributed by atoms with Crippen molar-refractivity contribution >= 4 is 5.91 Å². The molecule has 1 aliphatic rings. The molecule has 1 amide bonds. The fourth-order valence-electron chi connectivity index (χ4n) is 2.90. The molecule has 3 rings (SSSR count). The normalized spacial score (nSPS) is 20.5. The van der Waals surface area contributed by atoms with E-state index >= 15 is 0 Å². The number of nitrogens with zero attached hydrogens (tertiary/aromatic N) is 1. The summed E-state index contributed by atoms with van der Waals surface area (Å²) in [4.78, 5) is 24.1. The number of hydrogen-bond donors (Lipinski definition) is 2. The highest BCUT2D eigenvalue weighted by molar-refractivity contribution is 5.93. The van der Waals surface area contributed by atoms with Gasteiger partial charge in [0.15, 0.2) is 0 Å². The van der Waals surface area contributed by atoms with Gasteiger partial charge in [-0.05, 0) is 31.0 Å². The topological polar surface area (TPSA) is 84.5 Å². The zero-order chi connectivity index (χ0) is 15.7. The summed E-state index contributed by atoms with van der Waals surface area (Å²) in [6.45, 7) is 0.0520. The average molecular weight is 302 g/mol. The number of pyridine rings is 1. The van der Waals surface area contributed by atoms with Gasteiger partial charge in [0.2, 0.25) is 0 Å². The summed E-state index contributed by atoms with van der Waals surface area (Å²) >= 11 is 0. The SMILES string of the molecule is Cn1cccc(C(=O)NCC2(O)CCCc3occc32)c1=O. The molecule has 22 heavy (non-hydrogen) atoms. The fourth-order valence-corrected chi connectivity index (χ4v) is 2.90. The Labute approximate surface area is 127 Å². The van der Waals surface area contributed by atoms with Gasteiger partial charge in [-0.1, -0.05) is 0 Å². The second-order valence-corrected chi connectivity index (χ2v) is 5.66. The summed E-state index contributed by atoms with van der Waals surface area (Å²) < 4.78 is 6.70. The Hall–Kier alpha value is -2.34. The van der Waals surface area contributed by atoms with Gasteiger partial charge in [0.1, 0.15) is 16.9 Å². The fraction of sp³-hybridized carbons (Fsp3) is 0.375. The lowest BCUT2D eigenvalue weighted by atomic mass is 9.83. The molecule has 6 nitrogen and oxygen atoms in total. The van der Waals surface area contributed by atoms with Crippen molar-refractivity contribution in [1.82, 2.24) is 9.88 Å². The van der Waals surface area contributed by atoms with E-state index in [0.29, 0.717) is 6.42 Å². The largest absolute Gasteiger partial charge is 0.469 e. The summed E-state index contributed by atoms with van der Waals surface area (Å²) in [7, 11) is 1.59. The smallest absolute Gasteiger partial charge is 0.263 e. The number of furan rings is 1. The van der Waals surface area contributed by atoms with Crippen LogP contribution in [0, 0.1) is 0 Å². The molecular weight excluding hydrogens is 284 g/mol. The molecule has 116 valence electrons. The maximum absolute atomic E-state index is 12.2. The van der Waals surface area contributed by atoms with E-state index in [1.807, 2.05) is 0 Å². The number of fused-ring (bicyclic) bond motifs is 1. The molecule has 6 heteroatoms. The lowest BCUT2D eigenvalue weighted by Gasteiger charge is -2.31. The number of aryl methyl sites for hydroxylation is 2. The third-order valence-electron chi connectivity index (χ3n) is 4.15. The number of carbonyl (C=O) groups excluding carboxylic acids is 1. The molecule has 0 aliphatic heterocycles. The van der Waals surface area contributed by atoms with Crippen LogP contribution in [0.1, 0.15) is 34.5 Å². The summed E-state index contributed by atoms with van der Waals surface area (Å²) in [6.07, 6.45) is 5.27. The van der Waals surface area contributed by atoms with E-state index in [-0.39, 0.29) is 17.7 Å². The minimum Gasteiger partial charge on any atom is -0.469 e. The quantitative estimate of drug-likeness (QED) is 0.883. The Morgan fingerprint density at radius 3 is 3.14 bits per heavy atom. The third-order valence-corrected chi connectivity index (χ3v) is 4.15. The van der Waals surface area contributed by atoms with Crippen molar-refractivity contribution in [2.75, 3.05) is 6.54 Å². The van der Waals surface area contributed by atoms with Gasteiger partial charge >= 0.3 is 0 Å². The van der Waals surface area contributed by atoms with Crippen LogP contribution in [0.4, 0.5) is 0 Å². The van der Waals surface area contributed by atoms with Crippen LogP contribution in [0.25, 0.3) is 0 Å². The van der Waals surface area contributed by atoms with Crippen LogP contribution >= 0.6 is 0 Å². The van der Waals surface area contributed by atoms with E-state index in [1.165, 1.54) is 10.6 Å². The van der Waals surface area contributed by atoms with Crippen LogP contribution < -0.4 is 10.9 Å². The summed E-state index contributed by atoms with van der Waals surface area (Å²) in [5, 5.41) is 13.4. The predicted octanol–water partition coefficient (Wildman–Crippen LogP) is 0.932. The highest BCUT2D eigenvalue weighted by Gasteiger charge is 2.36. The summed E-state index contributed by atoms with van der Waals surface area (Å²) in [6, 6.07) is 4.86. The van der Waals surface area contributed by atoms with Crippen LogP contribution in [0.15, 0.2) is 39.9 Å². The third kappa shape index (κ3) is 2.46. The van der Waals surface area contributed by atoms with Gasteiger partial charge in [-0.25, -0.2) is 0 Å². The zero-order valence-electron chi connectivity index (χ0n) is 12.3. The standard InChI is InChI=1S/C16H18N2O4/c1-18-8-3-4-11(15(18)20)14(19)17-10-16(21)7-2-5-13-12(16)6-9-22-13/h3-4,6,8-9,21H,2,5,7,10H2,1H3,(H,17,19). The van der Waals surface area contributed by atoms with E-state index in [4.69, 9.17) is 4.42 Å². The number of rotatable bonds is 3. The Balaban J connectivity index is 1.77. The number of amides is 1. The second-order valence-electron chi connectivity index (χ2n) is 5.66. The van der Waals surface area contributed by atoms with Gasteiger partial charge in [0.05, 0.1) is 12.8 Å². The van der Waals surface area contributed by atoms with E-state index in [9.17, 15) is 14.7 Å². The Morgan fingerprint density at radius 1 is 1.50 bits per heavy atom. The average Bonchev–Trinajstić information content (AvgIpc) is 2.98. The monoisotopic (exact) mass is 302 g/mol. The Kier molecular flexibility index (Phi) is 3.62. The van der Waals surface area contributed by atoms with Gasteiger partial charge in [0, 0.05) is 25.2 Å². The van der Waals surface area contributed by atoms with E-state index in [1.54, 1.807) is 31.6 Å². The Morgan fingerprint density at radius 2 is 2.32 bits per heavy atom. The molecule has 1 unspecified atom stereocenters.